The molecule has 3 rings (SSSR count). The van der Waals surface area contributed by atoms with Crippen LogP contribution < -0.4 is 10.6 Å². The fourth-order valence-electron chi connectivity index (χ4n) is 2.62. The molecule has 2 aromatic rings. The highest BCUT2D eigenvalue weighted by molar-refractivity contribution is 7.10. The summed E-state index contributed by atoms with van der Waals surface area (Å²) in [6, 6.07) is 6.87. The summed E-state index contributed by atoms with van der Waals surface area (Å²) in [6.07, 6.45) is 2.99. The van der Waals surface area contributed by atoms with Crippen molar-refractivity contribution in [1.29, 1.82) is 0 Å². The van der Waals surface area contributed by atoms with E-state index < -0.39 is 0 Å². The van der Waals surface area contributed by atoms with Gasteiger partial charge in [0, 0.05) is 29.9 Å². The molecule has 0 saturated heterocycles. The summed E-state index contributed by atoms with van der Waals surface area (Å²) < 4.78 is 0. The van der Waals surface area contributed by atoms with Gasteiger partial charge in [-0.1, -0.05) is 0 Å². The molecule has 1 aliphatic heterocycles. The van der Waals surface area contributed by atoms with Crippen molar-refractivity contribution in [2.45, 2.75) is 25.9 Å². The third-order valence-electron chi connectivity index (χ3n) is 3.62. The maximum atomic E-state index is 5.66. The van der Waals surface area contributed by atoms with Crippen LogP contribution in [0.1, 0.15) is 29.1 Å². The van der Waals surface area contributed by atoms with Crippen molar-refractivity contribution in [1.82, 2.24) is 4.98 Å². The Bertz CT molecular complexity index is 549. The Morgan fingerprint density at radius 3 is 3.22 bits per heavy atom. The van der Waals surface area contributed by atoms with Crippen LogP contribution in [0.15, 0.2) is 29.8 Å². The van der Waals surface area contributed by atoms with E-state index in [0.717, 1.165) is 18.7 Å². The summed E-state index contributed by atoms with van der Waals surface area (Å²) in [7, 11) is 0. The van der Waals surface area contributed by atoms with Crippen molar-refractivity contribution >= 4 is 17.0 Å². The number of fused-ring (bicyclic) bond motifs is 1. The molecule has 0 bridgehead atoms. The number of nitrogens with zero attached hydrogens (tertiary/aromatic N) is 2. The van der Waals surface area contributed by atoms with E-state index in [1.165, 1.54) is 16.1 Å². The number of nitrogens with two attached hydrogens (primary N) is 1. The lowest BCUT2D eigenvalue weighted by atomic mass is 10.0. The van der Waals surface area contributed by atoms with E-state index in [9.17, 15) is 0 Å². The normalized spacial score (nSPS) is 18.8. The lowest BCUT2D eigenvalue weighted by Gasteiger charge is -2.35. The second kappa shape index (κ2) is 4.71. The summed E-state index contributed by atoms with van der Waals surface area (Å²) in [6.45, 7) is 3.84. The molecule has 94 valence electrons. The monoisotopic (exact) mass is 259 g/mol. The Hall–Kier alpha value is -1.39. The topological polar surface area (TPSA) is 42.2 Å². The molecule has 2 aromatic heterocycles. The van der Waals surface area contributed by atoms with Gasteiger partial charge in [-0.3, -0.25) is 4.98 Å². The van der Waals surface area contributed by atoms with Crippen molar-refractivity contribution in [3.05, 3.63) is 45.9 Å². The number of thiophene rings is 1. The first-order valence-electron chi connectivity index (χ1n) is 6.27. The van der Waals surface area contributed by atoms with Crippen molar-refractivity contribution in [3.8, 4) is 0 Å². The van der Waals surface area contributed by atoms with Crippen LogP contribution in [0.5, 0.6) is 0 Å². The van der Waals surface area contributed by atoms with E-state index in [1.807, 2.05) is 17.5 Å². The molecule has 3 nitrogen and oxygen atoms in total. The number of pyridine rings is 1. The van der Waals surface area contributed by atoms with E-state index >= 15 is 0 Å². The number of hydrogen-bond acceptors (Lipinski definition) is 4. The molecule has 4 heteroatoms. The SMILES string of the molecule is CC1c2ccsc2CCN1c1ccnc(CN)c1. The minimum Gasteiger partial charge on any atom is -0.364 e. The summed E-state index contributed by atoms with van der Waals surface area (Å²) in [5.41, 5.74) is 9.32. The second-order valence-corrected chi connectivity index (χ2v) is 5.63. The molecule has 1 unspecified atom stereocenters. The molecule has 0 amide bonds. The minimum absolute atomic E-state index is 0.438. The Morgan fingerprint density at radius 2 is 2.39 bits per heavy atom. The third-order valence-corrected chi connectivity index (χ3v) is 4.61. The van der Waals surface area contributed by atoms with Crippen molar-refractivity contribution < 1.29 is 0 Å². The van der Waals surface area contributed by atoms with Gasteiger partial charge < -0.3 is 10.6 Å². The molecular formula is C14H17N3S. The van der Waals surface area contributed by atoms with Gasteiger partial charge in [-0.25, -0.2) is 0 Å². The first-order chi connectivity index (χ1) is 8.79. The molecule has 2 N–H and O–H groups in total. The van der Waals surface area contributed by atoms with Crippen molar-refractivity contribution in [2.24, 2.45) is 5.73 Å². The van der Waals surface area contributed by atoms with Crippen LogP contribution in [-0.2, 0) is 13.0 Å². The third kappa shape index (κ3) is 1.91. The molecule has 0 saturated carbocycles. The van der Waals surface area contributed by atoms with Gasteiger partial charge in [0.1, 0.15) is 0 Å². The lowest BCUT2D eigenvalue weighted by molar-refractivity contribution is 0.632. The zero-order chi connectivity index (χ0) is 12.5. The van der Waals surface area contributed by atoms with Crippen LogP contribution in [0.3, 0.4) is 0 Å². The number of rotatable bonds is 2. The van der Waals surface area contributed by atoms with E-state index in [-0.39, 0.29) is 0 Å². The number of aromatic nitrogens is 1. The van der Waals surface area contributed by atoms with E-state index in [4.69, 9.17) is 5.73 Å². The lowest BCUT2D eigenvalue weighted by Crippen LogP contribution is -2.33. The molecule has 0 aliphatic carbocycles. The largest absolute Gasteiger partial charge is 0.364 e. The van der Waals surface area contributed by atoms with Crippen molar-refractivity contribution in [3.63, 3.8) is 0 Å². The van der Waals surface area contributed by atoms with E-state index in [0.29, 0.717) is 12.6 Å². The molecular weight excluding hydrogens is 242 g/mol. The van der Waals surface area contributed by atoms with Crippen LogP contribution >= 0.6 is 11.3 Å². The van der Waals surface area contributed by atoms with Gasteiger partial charge in [0.25, 0.3) is 0 Å². The van der Waals surface area contributed by atoms with Crippen LogP contribution in [-0.4, -0.2) is 11.5 Å². The number of anilines is 1. The Morgan fingerprint density at radius 1 is 1.50 bits per heavy atom. The molecule has 0 radical (unpaired) electrons. The fraction of sp³-hybridized carbons (Fsp3) is 0.357. The predicted molar refractivity (Wildman–Crippen MR) is 75.9 cm³/mol. The van der Waals surface area contributed by atoms with E-state index in [2.05, 4.69) is 40.4 Å². The highest BCUT2D eigenvalue weighted by Gasteiger charge is 2.24. The van der Waals surface area contributed by atoms with Gasteiger partial charge in [-0.2, -0.15) is 0 Å². The van der Waals surface area contributed by atoms with Gasteiger partial charge >= 0.3 is 0 Å². The first-order valence-corrected chi connectivity index (χ1v) is 7.15. The van der Waals surface area contributed by atoms with Crippen LogP contribution in [0.25, 0.3) is 0 Å². The van der Waals surface area contributed by atoms with E-state index in [1.54, 1.807) is 0 Å². The smallest absolute Gasteiger partial charge is 0.0560 e. The average molecular weight is 259 g/mol. The van der Waals surface area contributed by atoms with Gasteiger partial charge in [0.15, 0.2) is 0 Å². The van der Waals surface area contributed by atoms with Crippen LogP contribution in [0.2, 0.25) is 0 Å². The van der Waals surface area contributed by atoms with Gasteiger partial charge in [0.2, 0.25) is 0 Å². The highest BCUT2D eigenvalue weighted by atomic mass is 32.1. The molecule has 1 aliphatic rings. The molecule has 18 heavy (non-hydrogen) atoms. The zero-order valence-corrected chi connectivity index (χ0v) is 11.3. The standard InChI is InChI=1S/C14H17N3S/c1-10-13-4-7-18-14(13)3-6-17(10)12-2-5-16-11(8-12)9-15/h2,4-5,7-8,10H,3,6,9,15H2,1H3. The maximum absolute atomic E-state index is 5.66. The second-order valence-electron chi connectivity index (χ2n) is 4.63. The molecule has 1 atom stereocenters. The molecule has 0 spiro atoms. The van der Waals surface area contributed by atoms with Gasteiger partial charge in [-0.05, 0) is 42.5 Å². The summed E-state index contributed by atoms with van der Waals surface area (Å²) in [5, 5.41) is 2.20. The quantitative estimate of drug-likeness (QED) is 0.901. The van der Waals surface area contributed by atoms with Crippen LogP contribution in [0, 0.1) is 0 Å². The Labute approximate surface area is 111 Å². The minimum atomic E-state index is 0.438. The van der Waals surface area contributed by atoms with Crippen molar-refractivity contribution in [2.75, 3.05) is 11.4 Å². The zero-order valence-electron chi connectivity index (χ0n) is 10.5. The Balaban J connectivity index is 1.94. The Kier molecular flexibility index (Phi) is 3.06. The summed E-state index contributed by atoms with van der Waals surface area (Å²) >= 11 is 1.87. The summed E-state index contributed by atoms with van der Waals surface area (Å²) in [5.74, 6) is 0. The summed E-state index contributed by atoms with van der Waals surface area (Å²) in [4.78, 5) is 8.24. The number of hydrogen-bond donors (Lipinski definition) is 1. The highest BCUT2D eigenvalue weighted by Crippen LogP contribution is 2.35. The predicted octanol–water partition coefficient (Wildman–Crippen LogP) is 2.73. The van der Waals surface area contributed by atoms with Gasteiger partial charge in [0.05, 0.1) is 11.7 Å². The molecule has 0 fully saturated rings. The van der Waals surface area contributed by atoms with Crippen LogP contribution in [0.4, 0.5) is 5.69 Å². The fourth-order valence-corrected chi connectivity index (χ4v) is 3.58. The van der Waals surface area contributed by atoms with Gasteiger partial charge in [-0.15, -0.1) is 11.3 Å². The first kappa shape index (κ1) is 11.7. The molecule has 3 heterocycles. The average Bonchev–Trinajstić information content (AvgIpc) is 2.88. The molecule has 0 aromatic carbocycles. The maximum Gasteiger partial charge on any atom is 0.0560 e.